The topological polar surface area (TPSA) is 38.7 Å². The molecule has 0 unspecified atom stereocenters. The molecule has 19 heavy (non-hydrogen) atoms. The van der Waals surface area contributed by atoms with Crippen LogP contribution >= 0.6 is 22.9 Å². The molecule has 0 spiro atoms. The first-order valence-corrected chi connectivity index (χ1v) is 7.19. The normalized spacial score (nSPS) is 11.2. The van der Waals surface area contributed by atoms with E-state index < -0.39 is 0 Å². The predicted molar refractivity (Wildman–Crippen MR) is 76.3 cm³/mol. The Hall–Kier alpha value is -1.92. The number of aromatic nitrogens is 3. The van der Waals surface area contributed by atoms with Gasteiger partial charge in [-0.3, -0.25) is 0 Å². The molecule has 2 heterocycles. The van der Waals surface area contributed by atoms with Crippen molar-refractivity contribution in [3.63, 3.8) is 0 Å². The van der Waals surface area contributed by atoms with Gasteiger partial charge in [-0.2, -0.15) is 0 Å². The van der Waals surface area contributed by atoms with Crippen molar-refractivity contribution < 1.29 is 4.39 Å². The second-order valence-electron chi connectivity index (χ2n) is 3.74. The molecule has 0 radical (unpaired) electrons. The van der Waals surface area contributed by atoms with Gasteiger partial charge in [0.05, 0.1) is 11.4 Å². The minimum atomic E-state index is -0.241. The van der Waals surface area contributed by atoms with Gasteiger partial charge in [0.1, 0.15) is 10.8 Å². The average Bonchev–Trinajstić information content (AvgIpc) is 3.09. The second kappa shape index (κ2) is 5.38. The van der Waals surface area contributed by atoms with E-state index in [1.165, 1.54) is 35.0 Å². The summed E-state index contributed by atoms with van der Waals surface area (Å²) < 4.78 is 16.6. The van der Waals surface area contributed by atoms with Gasteiger partial charge in [0.25, 0.3) is 0 Å². The van der Waals surface area contributed by atoms with Crippen LogP contribution in [0.3, 0.4) is 0 Å². The van der Waals surface area contributed by atoms with E-state index in [-0.39, 0.29) is 5.82 Å². The van der Waals surface area contributed by atoms with Crippen molar-refractivity contribution in [1.29, 1.82) is 0 Å². The fourth-order valence-electron chi connectivity index (χ4n) is 1.52. The molecule has 3 nitrogen and oxygen atoms in total. The lowest BCUT2D eigenvalue weighted by atomic mass is 10.2. The van der Waals surface area contributed by atoms with Crippen molar-refractivity contribution in [3.05, 3.63) is 51.5 Å². The molecule has 3 rings (SSSR count). The van der Waals surface area contributed by atoms with Crippen molar-refractivity contribution >= 4 is 35.0 Å². The lowest BCUT2D eigenvalue weighted by Gasteiger charge is -1.94. The summed E-state index contributed by atoms with van der Waals surface area (Å²) in [7, 11) is 0. The summed E-state index contributed by atoms with van der Waals surface area (Å²) >= 11 is 2.85. The Balaban J connectivity index is 1.81. The first-order chi connectivity index (χ1) is 9.31. The van der Waals surface area contributed by atoms with Crippen LogP contribution in [0.5, 0.6) is 0 Å². The zero-order valence-electron chi connectivity index (χ0n) is 9.65. The molecule has 94 valence electrons. The molecule has 1 aromatic carbocycles. The number of benzene rings is 1. The van der Waals surface area contributed by atoms with Crippen LogP contribution < -0.4 is 0 Å². The highest BCUT2D eigenvalue weighted by molar-refractivity contribution is 7.10. The average molecular weight is 289 g/mol. The van der Waals surface area contributed by atoms with Crippen LogP contribution in [0, 0.1) is 5.82 Å². The summed E-state index contributed by atoms with van der Waals surface area (Å²) in [5.41, 5.74) is 2.58. The van der Waals surface area contributed by atoms with Crippen LogP contribution in [0.1, 0.15) is 10.7 Å². The molecular weight excluding hydrogens is 281 g/mol. The van der Waals surface area contributed by atoms with Crippen molar-refractivity contribution in [3.8, 4) is 11.3 Å². The van der Waals surface area contributed by atoms with E-state index in [1.54, 1.807) is 12.1 Å². The van der Waals surface area contributed by atoms with Crippen molar-refractivity contribution in [2.24, 2.45) is 0 Å². The number of nitrogens with zero attached hydrogens (tertiary/aromatic N) is 3. The van der Waals surface area contributed by atoms with Gasteiger partial charge in [0, 0.05) is 16.3 Å². The summed E-state index contributed by atoms with van der Waals surface area (Å²) in [6, 6.07) is 6.32. The molecule has 0 aliphatic rings. The Kier molecular flexibility index (Phi) is 3.43. The largest absolute Gasteiger partial charge is 0.237 e. The van der Waals surface area contributed by atoms with E-state index >= 15 is 0 Å². The Morgan fingerprint density at radius 3 is 2.63 bits per heavy atom. The molecular formula is C13H8FN3S2. The molecule has 0 N–H and O–H groups in total. The predicted octanol–water partition coefficient (Wildman–Crippen LogP) is 3.97. The van der Waals surface area contributed by atoms with E-state index in [4.69, 9.17) is 0 Å². The summed E-state index contributed by atoms with van der Waals surface area (Å²) in [6.45, 7) is 0. The molecule has 3 aromatic rings. The summed E-state index contributed by atoms with van der Waals surface area (Å²) in [4.78, 5) is 4.47. The second-order valence-corrected chi connectivity index (χ2v) is 5.24. The first-order valence-electron chi connectivity index (χ1n) is 5.48. The molecule has 0 saturated carbocycles. The number of halogens is 1. The molecule has 0 aliphatic carbocycles. The minimum Gasteiger partial charge on any atom is -0.237 e. The van der Waals surface area contributed by atoms with E-state index in [0.29, 0.717) is 0 Å². The Morgan fingerprint density at radius 1 is 1.05 bits per heavy atom. The molecule has 0 fully saturated rings. The van der Waals surface area contributed by atoms with E-state index in [9.17, 15) is 4.39 Å². The van der Waals surface area contributed by atoms with Gasteiger partial charge in [-0.1, -0.05) is 4.49 Å². The van der Waals surface area contributed by atoms with Crippen LogP contribution in [0.25, 0.3) is 23.4 Å². The first kappa shape index (κ1) is 12.1. The maximum absolute atomic E-state index is 12.8. The summed E-state index contributed by atoms with van der Waals surface area (Å²) in [5.74, 6) is -0.241. The van der Waals surface area contributed by atoms with E-state index in [0.717, 1.165) is 22.0 Å². The van der Waals surface area contributed by atoms with Gasteiger partial charge in [0.15, 0.2) is 0 Å². The number of hydrogen-bond acceptors (Lipinski definition) is 5. The third kappa shape index (κ3) is 2.91. The van der Waals surface area contributed by atoms with Crippen LogP contribution in [0.2, 0.25) is 0 Å². The van der Waals surface area contributed by atoms with Crippen LogP contribution in [-0.4, -0.2) is 14.6 Å². The highest BCUT2D eigenvalue weighted by Crippen LogP contribution is 2.23. The Morgan fingerprint density at radius 2 is 1.89 bits per heavy atom. The molecule has 2 aromatic heterocycles. The minimum absolute atomic E-state index is 0.241. The van der Waals surface area contributed by atoms with Gasteiger partial charge < -0.3 is 0 Å². The molecule has 0 aliphatic heterocycles. The zero-order valence-corrected chi connectivity index (χ0v) is 11.3. The third-order valence-electron chi connectivity index (χ3n) is 2.44. The van der Waals surface area contributed by atoms with Gasteiger partial charge in [-0.15, -0.1) is 16.4 Å². The van der Waals surface area contributed by atoms with Crippen LogP contribution in [-0.2, 0) is 0 Å². The highest BCUT2D eigenvalue weighted by atomic mass is 32.1. The number of rotatable bonds is 3. The van der Waals surface area contributed by atoms with E-state index in [1.807, 2.05) is 22.9 Å². The Bertz CT molecular complexity index is 687. The highest BCUT2D eigenvalue weighted by Gasteiger charge is 2.03. The van der Waals surface area contributed by atoms with Gasteiger partial charge in [0.2, 0.25) is 0 Å². The molecule has 0 amide bonds. The SMILES string of the molecule is Fc1ccc(-c2csc(/C=C\c3csnn3)n2)cc1. The van der Waals surface area contributed by atoms with Crippen LogP contribution in [0.4, 0.5) is 4.39 Å². The monoisotopic (exact) mass is 289 g/mol. The molecule has 0 bridgehead atoms. The van der Waals surface area contributed by atoms with Gasteiger partial charge in [-0.05, 0) is 47.9 Å². The van der Waals surface area contributed by atoms with Gasteiger partial charge in [-0.25, -0.2) is 9.37 Å². The summed E-state index contributed by atoms with van der Waals surface area (Å²) in [6.07, 6.45) is 3.77. The molecule has 0 saturated heterocycles. The van der Waals surface area contributed by atoms with Crippen molar-refractivity contribution in [2.45, 2.75) is 0 Å². The quantitative estimate of drug-likeness (QED) is 0.732. The van der Waals surface area contributed by atoms with Crippen molar-refractivity contribution in [1.82, 2.24) is 14.6 Å². The fraction of sp³-hybridized carbons (Fsp3) is 0. The number of hydrogen-bond donors (Lipinski definition) is 0. The maximum Gasteiger partial charge on any atom is 0.123 e. The zero-order chi connectivity index (χ0) is 13.1. The fourth-order valence-corrected chi connectivity index (χ4v) is 2.66. The molecule has 6 heteroatoms. The van der Waals surface area contributed by atoms with E-state index in [2.05, 4.69) is 14.6 Å². The Labute approximate surface area is 117 Å². The van der Waals surface area contributed by atoms with Crippen LogP contribution in [0.15, 0.2) is 35.0 Å². The van der Waals surface area contributed by atoms with Gasteiger partial charge >= 0.3 is 0 Å². The smallest absolute Gasteiger partial charge is 0.123 e. The summed E-state index contributed by atoms with van der Waals surface area (Å²) in [5, 5.41) is 8.62. The molecule has 0 atom stereocenters. The van der Waals surface area contributed by atoms with Crippen molar-refractivity contribution in [2.75, 3.05) is 0 Å². The number of thiazole rings is 1. The standard InChI is InChI=1S/C13H8FN3S2/c14-10-3-1-9(2-4-10)12-8-18-13(15-12)6-5-11-7-19-17-16-11/h1-8H/b6-5-. The third-order valence-corrected chi connectivity index (χ3v) is 3.77. The lowest BCUT2D eigenvalue weighted by molar-refractivity contribution is 0.628. The lowest BCUT2D eigenvalue weighted by Crippen LogP contribution is -1.79. The maximum atomic E-state index is 12.8.